The topological polar surface area (TPSA) is 37.8 Å². The van der Waals surface area contributed by atoms with E-state index in [4.69, 9.17) is 9.47 Å². The number of ether oxygens (including phenoxy) is 2. The molecule has 0 aliphatic carbocycles. The van der Waals surface area contributed by atoms with Crippen LogP contribution in [0.1, 0.15) is 24.0 Å². The monoisotopic (exact) mass is 325 g/mol. The number of rotatable bonds is 5. The number of aromatic nitrogens is 1. The summed E-state index contributed by atoms with van der Waals surface area (Å²) in [5.74, 6) is 2.83. The summed E-state index contributed by atoms with van der Waals surface area (Å²) in [4.78, 5) is 9.26. The van der Waals surface area contributed by atoms with Crippen LogP contribution in [0.5, 0.6) is 11.5 Å². The summed E-state index contributed by atoms with van der Waals surface area (Å²) in [6, 6.07) is 10.4. The van der Waals surface area contributed by atoms with Gasteiger partial charge in [0.15, 0.2) is 11.5 Å². The van der Waals surface area contributed by atoms with Gasteiger partial charge in [-0.05, 0) is 37.6 Å². The van der Waals surface area contributed by atoms with Crippen LogP contribution in [0.25, 0.3) is 0 Å². The summed E-state index contributed by atoms with van der Waals surface area (Å²) in [6.45, 7) is 4.26. The van der Waals surface area contributed by atoms with E-state index < -0.39 is 0 Å². The fraction of sp³-hybridized carbons (Fsp3) is 0.421. The third-order valence-corrected chi connectivity index (χ3v) is 4.61. The Hall–Kier alpha value is -2.27. The van der Waals surface area contributed by atoms with Crippen LogP contribution in [0.4, 0.5) is 5.82 Å². The quantitative estimate of drug-likeness (QED) is 0.845. The van der Waals surface area contributed by atoms with Crippen LogP contribution in [-0.2, 0) is 13.1 Å². The summed E-state index contributed by atoms with van der Waals surface area (Å²) in [7, 11) is 2.11. The van der Waals surface area contributed by atoms with Crippen LogP contribution in [0.15, 0.2) is 36.5 Å². The van der Waals surface area contributed by atoms with E-state index in [2.05, 4.69) is 40.0 Å². The molecule has 2 aliphatic heterocycles. The van der Waals surface area contributed by atoms with Gasteiger partial charge in [-0.3, -0.25) is 4.90 Å². The SMILES string of the molecule is CN(Cc1ccc(N2CCCC2)nc1)Cc1cccc2c1OCO2. The Bertz CT molecular complexity index is 696. The summed E-state index contributed by atoms with van der Waals surface area (Å²) in [5.41, 5.74) is 2.39. The first-order valence-electron chi connectivity index (χ1n) is 8.55. The highest BCUT2D eigenvalue weighted by molar-refractivity contribution is 5.48. The van der Waals surface area contributed by atoms with E-state index in [-0.39, 0.29) is 0 Å². The lowest BCUT2D eigenvalue weighted by atomic mass is 10.1. The molecular weight excluding hydrogens is 302 g/mol. The Kier molecular flexibility index (Phi) is 4.26. The molecule has 0 amide bonds. The van der Waals surface area contributed by atoms with Crippen molar-refractivity contribution in [2.24, 2.45) is 0 Å². The molecule has 1 saturated heterocycles. The van der Waals surface area contributed by atoms with Crippen molar-refractivity contribution in [3.05, 3.63) is 47.7 Å². The zero-order valence-electron chi connectivity index (χ0n) is 14.1. The summed E-state index contributed by atoms with van der Waals surface area (Å²) in [6.07, 6.45) is 4.55. The number of para-hydroxylation sites is 1. The van der Waals surface area contributed by atoms with Gasteiger partial charge in [0, 0.05) is 37.9 Å². The molecule has 3 heterocycles. The normalized spacial score (nSPS) is 16.2. The molecule has 2 aliphatic rings. The van der Waals surface area contributed by atoms with Crippen LogP contribution in [0, 0.1) is 0 Å². The van der Waals surface area contributed by atoms with Crippen molar-refractivity contribution in [1.82, 2.24) is 9.88 Å². The standard InChI is InChI=1S/C19H23N3O2/c1-21(13-16-5-4-6-17-19(16)24-14-23-17)12-15-7-8-18(20-11-15)22-9-2-3-10-22/h4-8,11H,2-3,9-10,12-14H2,1H3. The zero-order chi connectivity index (χ0) is 16.4. The number of anilines is 1. The summed E-state index contributed by atoms with van der Waals surface area (Å²) < 4.78 is 11.0. The molecule has 0 unspecified atom stereocenters. The van der Waals surface area contributed by atoms with E-state index >= 15 is 0 Å². The Morgan fingerprint density at radius 1 is 1.08 bits per heavy atom. The van der Waals surface area contributed by atoms with Gasteiger partial charge >= 0.3 is 0 Å². The smallest absolute Gasteiger partial charge is 0.231 e. The lowest BCUT2D eigenvalue weighted by molar-refractivity contribution is 0.172. The molecule has 5 nitrogen and oxygen atoms in total. The molecule has 0 spiro atoms. The Balaban J connectivity index is 1.39. The lowest BCUT2D eigenvalue weighted by Crippen LogP contribution is -2.20. The van der Waals surface area contributed by atoms with Crippen molar-refractivity contribution >= 4 is 5.82 Å². The second kappa shape index (κ2) is 6.69. The average molecular weight is 325 g/mol. The van der Waals surface area contributed by atoms with E-state index in [0.717, 1.165) is 49.1 Å². The summed E-state index contributed by atoms with van der Waals surface area (Å²) in [5, 5.41) is 0. The van der Waals surface area contributed by atoms with E-state index in [1.54, 1.807) is 0 Å². The van der Waals surface area contributed by atoms with Crippen molar-refractivity contribution in [2.45, 2.75) is 25.9 Å². The maximum Gasteiger partial charge on any atom is 0.231 e. The number of hydrogen-bond donors (Lipinski definition) is 0. The van der Waals surface area contributed by atoms with Crippen molar-refractivity contribution in [3.8, 4) is 11.5 Å². The largest absolute Gasteiger partial charge is 0.454 e. The van der Waals surface area contributed by atoms with Gasteiger partial charge in [0.2, 0.25) is 6.79 Å². The van der Waals surface area contributed by atoms with Crippen molar-refractivity contribution in [2.75, 3.05) is 31.8 Å². The van der Waals surface area contributed by atoms with Crippen LogP contribution < -0.4 is 14.4 Å². The van der Waals surface area contributed by atoms with Crippen LogP contribution >= 0.6 is 0 Å². The van der Waals surface area contributed by atoms with Crippen molar-refractivity contribution < 1.29 is 9.47 Å². The first kappa shape index (κ1) is 15.3. The molecule has 1 fully saturated rings. The Labute approximate surface area is 142 Å². The van der Waals surface area contributed by atoms with Gasteiger partial charge in [0.05, 0.1) is 0 Å². The van der Waals surface area contributed by atoms with Gasteiger partial charge in [-0.15, -0.1) is 0 Å². The van der Waals surface area contributed by atoms with Gasteiger partial charge in [0.25, 0.3) is 0 Å². The van der Waals surface area contributed by atoms with Crippen molar-refractivity contribution in [1.29, 1.82) is 0 Å². The van der Waals surface area contributed by atoms with Crippen LogP contribution in [0.3, 0.4) is 0 Å². The fourth-order valence-electron chi connectivity index (χ4n) is 3.42. The van der Waals surface area contributed by atoms with E-state index in [1.165, 1.54) is 18.4 Å². The molecule has 4 rings (SSSR count). The molecule has 0 radical (unpaired) electrons. The molecule has 2 aromatic rings. The third kappa shape index (κ3) is 3.17. The fourth-order valence-corrected chi connectivity index (χ4v) is 3.42. The minimum Gasteiger partial charge on any atom is -0.454 e. The number of fused-ring (bicyclic) bond motifs is 1. The molecule has 1 aromatic heterocycles. The molecule has 5 heteroatoms. The Morgan fingerprint density at radius 2 is 1.96 bits per heavy atom. The maximum absolute atomic E-state index is 5.59. The minimum absolute atomic E-state index is 0.317. The number of hydrogen-bond acceptors (Lipinski definition) is 5. The Morgan fingerprint density at radius 3 is 2.75 bits per heavy atom. The van der Waals surface area contributed by atoms with Crippen LogP contribution in [0.2, 0.25) is 0 Å². The third-order valence-electron chi connectivity index (χ3n) is 4.61. The van der Waals surface area contributed by atoms with Gasteiger partial charge in [0.1, 0.15) is 5.82 Å². The maximum atomic E-state index is 5.59. The summed E-state index contributed by atoms with van der Waals surface area (Å²) >= 11 is 0. The highest BCUT2D eigenvalue weighted by Crippen LogP contribution is 2.35. The first-order chi connectivity index (χ1) is 11.8. The molecule has 1 aromatic carbocycles. The molecule has 0 N–H and O–H groups in total. The molecule has 24 heavy (non-hydrogen) atoms. The second-order valence-electron chi connectivity index (χ2n) is 6.54. The van der Waals surface area contributed by atoms with Gasteiger partial charge in [-0.2, -0.15) is 0 Å². The van der Waals surface area contributed by atoms with E-state index in [1.807, 2.05) is 18.3 Å². The van der Waals surface area contributed by atoms with Gasteiger partial charge in [-0.1, -0.05) is 18.2 Å². The number of pyridine rings is 1. The zero-order valence-corrected chi connectivity index (χ0v) is 14.1. The minimum atomic E-state index is 0.317. The van der Waals surface area contributed by atoms with E-state index in [0.29, 0.717) is 6.79 Å². The number of nitrogens with zero attached hydrogens (tertiary/aromatic N) is 3. The molecule has 126 valence electrons. The predicted octanol–water partition coefficient (Wildman–Crippen LogP) is 3.04. The van der Waals surface area contributed by atoms with Crippen LogP contribution in [-0.4, -0.2) is 36.8 Å². The predicted molar refractivity (Wildman–Crippen MR) is 93.4 cm³/mol. The average Bonchev–Trinajstić information content (AvgIpc) is 3.27. The molecular formula is C19H23N3O2. The van der Waals surface area contributed by atoms with Gasteiger partial charge < -0.3 is 14.4 Å². The lowest BCUT2D eigenvalue weighted by Gasteiger charge is -2.19. The second-order valence-corrected chi connectivity index (χ2v) is 6.54. The highest BCUT2D eigenvalue weighted by Gasteiger charge is 2.18. The first-order valence-corrected chi connectivity index (χ1v) is 8.55. The van der Waals surface area contributed by atoms with E-state index in [9.17, 15) is 0 Å². The van der Waals surface area contributed by atoms with Crippen molar-refractivity contribution in [3.63, 3.8) is 0 Å². The molecule has 0 atom stereocenters. The van der Waals surface area contributed by atoms with Gasteiger partial charge in [-0.25, -0.2) is 4.98 Å². The number of benzene rings is 1. The molecule has 0 saturated carbocycles. The molecule has 0 bridgehead atoms. The highest BCUT2D eigenvalue weighted by atomic mass is 16.7.